The summed E-state index contributed by atoms with van der Waals surface area (Å²) in [5, 5.41) is 17.0. The second-order valence-electron chi connectivity index (χ2n) is 9.94. The number of carbonyl (C=O) groups excluding carboxylic acids is 3. The van der Waals surface area contributed by atoms with Crippen molar-refractivity contribution in [3.63, 3.8) is 0 Å². The van der Waals surface area contributed by atoms with Gasteiger partial charge in [-0.1, -0.05) is 30.0 Å². The average Bonchev–Trinajstić information content (AvgIpc) is 3.36. The molecule has 2 aromatic rings. The predicted molar refractivity (Wildman–Crippen MR) is 141 cm³/mol. The van der Waals surface area contributed by atoms with Crippen LogP contribution in [0.15, 0.2) is 42.5 Å². The minimum Gasteiger partial charge on any atom is -0.497 e. The standard InChI is InChI=1S/C28H30N6O4/c1-17-13-30-14-18(2)34(17)24(29)20-6-4-19(5-7-20)10-11-28(26(36)31-27(37)32-28)16-33-15-21-8-9-22(38-3)12-23(21)25(33)35/h4-9,12,17-18,29-30H,13-16H2,1-3H3,(H2,31,32,36,37)/t17-,18+,28-/m1/s1. The van der Waals surface area contributed by atoms with E-state index in [1.165, 1.54) is 12.0 Å². The number of benzene rings is 2. The minimum absolute atomic E-state index is 0.102. The Morgan fingerprint density at radius 3 is 2.45 bits per heavy atom. The monoisotopic (exact) mass is 514 g/mol. The topological polar surface area (TPSA) is 127 Å². The molecule has 2 fully saturated rings. The molecule has 4 amide bonds. The third kappa shape index (κ3) is 4.57. The first kappa shape index (κ1) is 25.3. The van der Waals surface area contributed by atoms with Crippen molar-refractivity contribution in [3.8, 4) is 17.6 Å². The fourth-order valence-corrected chi connectivity index (χ4v) is 5.22. The van der Waals surface area contributed by atoms with Crippen LogP contribution in [0.3, 0.4) is 0 Å². The molecular weight excluding hydrogens is 484 g/mol. The highest BCUT2D eigenvalue weighted by Gasteiger charge is 2.48. The summed E-state index contributed by atoms with van der Waals surface area (Å²) < 4.78 is 5.23. The summed E-state index contributed by atoms with van der Waals surface area (Å²) in [4.78, 5) is 41.7. The van der Waals surface area contributed by atoms with Crippen molar-refractivity contribution < 1.29 is 19.1 Å². The summed E-state index contributed by atoms with van der Waals surface area (Å²) in [5.41, 5.74) is 1.12. The van der Waals surface area contributed by atoms with Gasteiger partial charge < -0.3 is 25.2 Å². The van der Waals surface area contributed by atoms with Crippen LogP contribution in [0, 0.1) is 17.3 Å². The summed E-state index contributed by atoms with van der Waals surface area (Å²) >= 11 is 0. The molecule has 0 radical (unpaired) electrons. The molecule has 0 unspecified atom stereocenters. The number of hydrogen-bond acceptors (Lipinski definition) is 6. The minimum atomic E-state index is -1.59. The largest absolute Gasteiger partial charge is 0.497 e. The number of hydrogen-bond donors (Lipinski definition) is 4. The van der Waals surface area contributed by atoms with Gasteiger partial charge in [-0.3, -0.25) is 20.3 Å². The number of ether oxygens (including phenoxy) is 1. The zero-order chi connectivity index (χ0) is 27.0. The molecular formula is C28H30N6O4. The SMILES string of the molecule is COc1ccc2c(c1)C(=O)N(C[C@@]1(C#Cc3ccc(C(=N)N4[C@H](C)CNC[C@@H]4C)cc3)NC(=O)NC1=O)C2. The number of rotatable bonds is 4. The highest BCUT2D eigenvalue weighted by Crippen LogP contribution is 2.28. The van der Waals surface area contributed by atoms with Crippen molar-refractivity contribution in [1.29, 1.82) is 5.41 Å². The molecule has 0 aromatic heterocycles. The van der Waals surface area contributed by atoms with Gasteiger partial charge in [0.25, 0.3) is 11.8 Å². The van der Waals surface area contributed by atoms with Crippen LogP contribution in [0.1, 0.15) is 40.9 Å². The Labute approximate surface area is 221 Å². The number of amidine groups is 1. The first-order valence-electron chi connectivity index (χ1n) is 12.5. The number of carbonyl (C=O) groups is 3. The fraction of sp³-hybridized carbons (Fsp3) is 0.357. The van der Waals surface area contributed by atoms with Gasteiger partial charge in [0.1, 0.15) is 11.6 Å². The van der Waals surface area contributed by atoms with E-state index < -0.39 is 17.5 Å². The van der Waals surface area contributed by atoms with Crippen molar-refractivity contribution in [2.45, 2.75) is 38.0 Å². The van der Waals surface area contributed by atoms with Crippen molar-refractivity contribution in [3.05, 3.63) is 64.7 Å². The summed E-state index contributed by atoms with van der Waals surface area (Å²) in [7, 11) is 1.53. The average molecular weight is 515 g/mol. The smallest absolute Gasteiger partial charge is 0.323 e. The zero-order valence-corrected chi connectivity index (χ0v) is 21.6. The van der Waals surface area contributed by atoms with Crippen molar-refractivity contribution in [2.24, 2.45) is 0 Å². The third-order valence-corrected chi connectivity index (χ3v) is 7.23. The van der Waals surface area contributed by atoms with Gasteiger partial charge in [-0.25, -0.2) is 4.79 Å². The predicted octanol–water partition coefficient (Wildman–Crippen LogP) is 1.29. The lowest BCUT2D eigenvalue weighted by Crippen LogP contribution is -2.57. The molecule has 0 aliphatic carbocycles. The summed E-state index contributed by atoms with van der Waals surface area (Å²) in [6, 6.07) is 12.3. The zero-order valence-electron chi connectivity index (χ0n) is 21.6. The Balaban J connectivity index is 1.36. The van der Waals surface area contributed by atoms with E-state index in [9.17, 15) is 14.4 Å². The van der Waals surface area contributed by atoms with Crippen molar-refractivity contribution in [1.82, 2.24) is 25.8 Å². The Kier molecular flexibility index (Phi) is 6.55. The molecule has 3 heterocycles. The summed E-state index contributed by atoms with van der Waals surface area (Å²) in [6.07, 6.45) is 0. The van der Waals surface area contributed by atoms with Gasteiger partial charge in [0.2, 0.25) is 5.54 Å². The van der Waals surface area contributed by atoms with Crippen molar-refractivity contribution >= 4 is 23.7 Å². The molecule has 4 N–H and O–H groups in total. The lowest BCUT2D eigenvalue weighted by atomic mass is 9.98. The molecule has 10 heteroatoms. The Hall–Kier alpha value is -4.36. The number of urea groups is 1. The van der Waals surface area contributed by atoms with Crippen LogP contribution in [0.25, 0.3) is 0 Å². The van der Waals surface area contributed by atoms with Crippen LogP contribution in [0.4, 0.5) is 4.79 Å². The number of methoxy groups -OCH3 is 1. The fourth-order valence-electron chi connectivity index (χ4n) is 5.22. The number of fused-ring (bicyclic) bond motifs is 1. The molecule has 0 saturated carbocycles. The normalized spacial score (nSPS) is 24.3. The Morgan fingerprint density at radius 1 is 1.11 bits per heavy atom. The van der Waals surface area contributed by atoms with Crippen LogP contribution < -0.4 is 20.7 Å². The molecule has 3 atom stereocenters. The van der Waals surface area contributed by atoms with Gasteiger partial charge in [0.15, 0.2) is 0 Å². The second kappa shape index (κ2) is 9.84. The molecule has 196 valence electrons. The van der Waals surface area contributed by atoms with E-state index >= 15 is 0 Å². The number of amides is 4. The highest BCUT2D eigenvalue weighted by molar-refractivity contribution is 6.10. The van der Waals surface area contributed by atoms with E-state index in [0.29, 0.717) is 29.3 Å². The van der Waals surface area contributed by atoms with Gasteiger partial charge in [0.05, 0.1) is 13.7 Å². The van der Waals surface area contributed by atoms with Gasteiger partial charge in [0, 0.05) is 48.4 Å². The van der Waals surface area contributed by atoms with E-state index in [1.54, 1.807) is 24.3 Å². The van der Waals surface area contributed by atoms with Gasteiger partial charge in [-0.2, -0.15) is 0 Å². The molecule has 38 heavy (non-hydrogen) atoms. The Bertz CT molecular complexity index is 1370. The van der Waals surface area contributed by atoms with Crippen LogP contribution >= 0.6 is 0 Å². The first-order chi connectivity index (χ1) is 18.2. The molecule has 0 spiro atoms. The van der Waals surface area contributed by atoms with Crippen LogP contribution in [0.2, 0.25) is 0 Å². The lowest BCUT2D eigenvalue weighted by molar-refractivity contribution is -0.122. The molecule has 3 aliphatic heterocycles. The lowest BCUT2D eigenvalue weighted by Gasteiger charge is -2.41. The quantitative estimate of drug-likeness (QED) is 0.211. The maximum Gasteiger partial charge on any atom is 0.323 e. The van der Waals surface area contributed by atoms with E-state index in [0.717, 1.165) is 24.2 Å². The number of nitrogens with one attached hydrogen (secondary N) is 4. The molecule has 2 saturated heterocycles. The van der Waals surface area contributed by atoms with Crippen molar-refractivity contribution in [2.75, 3.05) is 26.7 Å². The van der Waals surface area contributed by atoms with E-state index in [2.05, 4.69) is 46.5 Å². The second-order valence-corrected chi connectivity index (χ2v) is 9.94. The maximum absolute atomic E-state index is 13.1. The van der Waals surface area contributed by atoms with Crippen LogP contribution in [-0.2, 0) is 11.3 Å². The molecule has 0 bridgehead atoms. The molecule has 3 aliphatic rings. The summed E-state index contributed by atoms with van der Waals surface area (Å²) in [6.45, 7) is 6.03. The van der Waals surface area contributed by atoms with Gasteiger partial charge >= 0.3 is 6.03 Å². The summed E-state index contributed by atoms with van der Waals surface area (Å²) in [5.74, 6) is 6.08. The number of imide groups is 1. The van der Waals surface area contributed by atoms with Crippen LogP contribution in [0.5, 0.6) is 5.75 Å². The molecule has 10 nitrogen and oxygen atoms in total. The number of nitrogens with zero attached hydrogens (tertiary/aromatic N) is 2. The molecule has 2 aromatic carbocycles. The Morgan fingerprint density at radius 2 is 1.82 bits per heavy atom. The maximum atomic E-state index is 13.1. The van der Waals surface area contributed by atoms with E-state index in [-0.39, 0.29) is 24.5 Å². The highest BCUT2D eigenvalue weighted by atomic mass is 16.5. The van der Waals surface area contributed by atoms with Crippen LogP contribution in [-0.4, -0.2) is 77.8 Å². The van der Waals surface area contributed by atoms with Gasteiger partial charge in [-0.15, -0.1) is 0 Å². The first-order valence-corrected chi connectivity index (χ1v) is 12.5. The third-order valence-electron chi connectivity index (χ3n) is 7.23. The van der Waals surface area contributed by atoms with Gasteiger partial charge in [-0.05, 0) is 43.7 Å². The molecule has 5 rings (SSSR count). The van der Waals surface area contributed by atoms with E-state index in [1.807, 2.05) is 18.2 Å². The van der Waals surface area contributed by atoms with E-state index in [4.69, 9.17) is 10.1 Å². The number of piperazine rings is 1.